The monoisotopic (exact) mass is 230 g/mol. The highest BCUT2D eigenvalue weighted by Gasteiger charge is 2.07. The van der Waals surface area contributed by atoms with Gasteiger partial charge in [0.05, 0.1) is 0 Å². The van der Waals surface area contributed by atoms with E-state index in [0.717, 1.165) is 11.6 Å². The van der Waals surface area contributed by atoms with E-state index in [1.165, 1.54) is 12.3 Å². The van der Waals surface area contributed by atoms with E-state index in [-0.39, 0.29) is 11.5 Å². The number of carbonyl (C=O) groups excluding carboxylic acids is 1. The number of aromatic nitrogens is 1. The number of rotatable bonds is 2. The van der Waals surface area contributed by atoms with Crippen LogP contribution in [0.2, 0.25) is 0 Å². The van der Waals surface area contributed by atoms with Crippen molar-refractivity contribution < 1.29 is 9.18 Å². The Morgan fingerprint density at radius 3 is 2.82 bits per heavy atom. The van der Waals surface area contributed by atoms with E-state index >= 15 is 0 Å². The third-order valence-corrected chi connectivity index (χ3v) is 2.26. The van der Waals surface area contributed by atoms with E-state index in [2.05, 4.69) is 10.3 Å². The Labute approximate surface area is 98.3 Å². The highest BCUT2D eigenvalue weighted by atomic mass is 19.1. The summed E-state index contributed by atoms with van der Waals surface area (Å²) in [6, 6.07) is 9.97. The van der Waals surface area contributed by atoms with Crippen LogP contribution >= 0.6 is 0 Å². The Kier molecular flexibility index (Phi) is 3.14. The summed E-state index contributed by atoms with van der Waals surface area (Å²) in [5.74, 6) is -1.02. The van der Waals surface area contributed by atoms with Crippen molar-refractivity contribution in [2.45, 2.75) is 6.92 Å². The molecule has 0 aliphatic heterocycles. The third-order valence-electron chi connectivity index (χ3n) is 2.26. The van der Waals surface area contributed by atoms with Gasteiger partial charge in [-0.25, -0.2) is 4.98 Å². The molecule has 0 aliphatic carbocycles. The molecule has 0 saturated carbocycles. The Morgan fingerprint density at radius 1 is 1.29 bits per heavy atom. The second kappa shape index (κ2) is 4.74. The second-order valence-corrected chi connectivity index (χ2v) is 3.69. The predicted octanol–water partition coefficient (Wildman–Crippen LogP) is 2.78. The normalized spacial score (nSPS) is 10.0. The standard InChI is InChI=1S/C13H11FN2O/c1-9-3-2-4-11(7-9)16-13(17)10-5-6-15-12(14)8-10/h2-8H,1H3,(H,16,17). The molecule has 2 aromatic rings. The van der Waals surface area contributed by atoms with Crippen molar-refractivity contribution in [1.82, 2.24) is 4.98 Å². The van der Waals surface area contributed by atoms with Crippen LogP contribution in [0.15, 0.2) is 42.6 Å². The van der Waals surface area contributed by atoms with Crippen LogP contribution in [-0.2, 0) is 0 Å². The van der Waals surface area contributed by atoms with E-state index in [1.54, 1.807) is 6.07 Å². The zero-order valence-electron chi connectivity index (χ0n) is 9.27. The zero-order valence-corrected chi connectivity index (χ0v) is 9.27. The van der Waals surface area contributed by atoms with Gasteiger partial charge in [-0.1, -0.05) is 12.1 Å². The van der Waals surface area contributed by atoms with Crippen molar-refractivity contribution in [3.63, 3.8) is 0 Å². The van der Waals surface area contributed by atoms with Crippen molar-refractivity contribution >= 4 is 11.6 Å². The molecule has 4 heteroatoms. The fraction of sp³-hybridized carbons (Fsp3) is 0.0769. The van der Waals surface area contributed by atoms with Crippen LogP contribution in [0.25, 0.3) is 0 Å². The number of nitrogens with one attached hydrogen (secondary N) is 1. The highest BCUT2D eigenvalue weighted by Crippen LogP contribution is 2.11. The summed E-state index contributed by atoms with van der Waals surface area (Å²) < 4.78 is 12.8. The molecule has 3 nitrogen and oxygen atoms in total. The molecule has 0 aliphatic rings. The molecule has 1 heterocycles. The van der Waals surface area contributed by atoms with Crippen LogP contribution in [-0.4, -0.2) is 10.9 Å². The summed E-state index contributed by atoms with van der Waals surface area (Å²) in [5, 5.41) is 2.69. The SMILES string of the molecule is Cc1cccc(NC(=O)c2ccnc(F)c2)c1. The van der Waals surface area contributed by atoms with Crippen molar-refractivity contribution in [2.75, 3.05) is 5.32 Å². The predicted molar refractivity (Wildman–Crippen MR) is 63.3 cm³/mol. The van der Waals surface area contributed by atoms with Crippen LogP contribution in [0.5, 0.6) is 0 Å². The van der Waals surface area contributed by atoms with Gasteiger partial charge in [0.1, 0.15) is 0 Å². The number of pyridine rings is 1. The molecule has 0 unspecified atom stereocenters. The summed E-state index contributed by atoms with van der Waals surface area (Å²) in [4.78, 5) is 15.2. The number of hydrogen-bond donors (Lipinski definition) is 1. The van der Waals surface area contributed by atoms with E-state index in [4.69, 9.17) is 0 Å². The van der Waals surface area contributed by atoms with Gasteiger partial charge in [-0.2, -0.15) is 4.39 Å². The molecule has 0 atom stereocenters. The topological polar surface area (TPSA) is 42.0 Å². The maximum absolute atomic E-state index is 12.8. The molecule has 0 bridgehead atoms. The van der Waals surface area contributed by atoms with Crippen LogP contribution in [0.1, 0.15) is 15.9 Å². The van der Waals surface area contributed by atoms with Crippen LogP contribution in [0.3, 0.4) is 0 Å². The number of anilines is 1. The first kappa shape index (κ1) is 11.3. The number of benzene rings is 1. The van der Waals surface area contributed by atoms with Crippen molar-refractivity contribution in [2.24, 2.45) is 0 Å². The minimum atomic E-state index is -0.665. The largest absolute Gasteiger partial charge is 0.322 e. The molecule has 0 saturated heterocycles. The molecular formula is C13H11FN2O. The van der Waals surface area contributed by atoms with Gasteiger partial charge in [0.2, 0.25) is 5.95 Å². The van der Waals surface area contributed by atoms with Crippen molar-refractivity contribution in [3.8, 4) is 0 Å². The average Bonchev–Trinajstić information content (AvgIpc) is 2.29. The van der Waals surface area contributed by atoms with Gasteiger partial charge in [0, 0.05) is 23.5 Å². The number of carbonyl (C=O) groups is 1. The fourth-order valence-electron chi connectivity index (χ4n) is 1.47. The lowest BCUT2D eigenvalue weighted by Gasteiger charge is -2.05. The molecule has 86 valence electrons. The van der Waals surface area contributed by atoms with Gasteiger partial charge in [0.15, 0.2) is 0 Å². The lowest BCUT2D eigenvalue weighted by molar-refractivity contribution is 0.102. The summed E-state index contributed by atoms with van der Waals surface area (Å²) in [7, 11) is 0. The molecule has 1 N–H and O–H groups in total. The summed E-state index contributed by atoms with van der Waals surface area (Å²) in [5.41, 5.74) is 1.98. The quantitative estimate of drug-likeness (QED) is 0.806. The van der Waals surface area contributed by atoms with Crippen molar-refractivity contribution in [3.05, 3.63) is 59.7 Å². The first-order valence-electron chi connectivity index (χ1n) is 5.15. The third kappa shape index (κ3) is 2.87. The van der Waals surface area contributed by atoms with Gasteiger partial charge in [0.25, 0.3) is 5.91 Å². The Balaban J connectivity index is 2.17. The van der Waals surface area contributed by atoms with Gasteiger partial charge in [-0.3, -0.25) is 4.79 Å². The Bertz CT molecular complexity index is 555. The minimum absolute atomic E-state index is 0.249. The minimum Gasteiger partial charge on any atom is -0.322 e. The number of aryl methyl sites for hydroxylation is 1. The molecule has 2 rings (SSSR count). The zero-order chi connectivity index (χ0) is 12.3. The Hall–Kier alpha value is -2.23. The second-order valence-electron chi connectivity index (χ2n) is 3.69. The molecule has 17 heavy (non-hydrogen) atoms. The van der Waals surface area contributed by atoms with Gasteiger partial charge < -0.3 is 5.32 Å². The van der Waals surface area contributed by atoms with E-state index in [1.807, 2.05) is 25.1 Å². The number of halogens is 1. The number of nitrogens with zero attached hydrogens (tertiary/aromatic N) is 1. The summed E-state index contributed by atoms with van der Waals surface area (Å²) in [6.45, 7) is 1.93. The summed E-state index contributed by atoms with van der Waals surface area (Å²) in [6.07, 6.45) is 1.26. The fourth-order valence-corrected chi connectivity index (χ4v) is 1.47. The lowest BCUT2D eigenvalue weighted by atomic mass is 10.2. The van der Waals surface area contributed by atoms with Gasteiger partial charge in [-0.15, -0.1) is 0 Å². The van der Waals surface area contributed by atoms with Crippen LogP contribution in [0.4, 0.5) is 10.1 Å². The average molecular weight is 230 g/mol. The molecule has 0 fully saturated rings. The molecule has 1 aromatic carbocycles. The number of hydrogen-bond acceptors (Lipinski definition) is 2. The molecule has 1 aromatic heterocycles. The maximum atomic E-state index is 12.8. The molecular weight excluding hydrogens is 219 g/mol. The first-order valence-corrected chi connectivity index (χ1v) is 5.15. The van der Waals surface area contributed by atoms with Crippen LogP contribution in [0, 0.1) is 12.9 Å². The van der Waals surface area contributed by atoms with Gasteiger partial charge >= 0.3 is 0 Å². The lowest BCUT2D eigenvalue weighted by Crippen LogP contribution is -2.12. The summed E-state index contributed by atoms with van der Waals surface area (Å²) >= 11 is 0. The van der Waals surface area contributed by atoms with Gasteiger partial charge in [-0.05, 0) is 30.7 Å². The van der Waals surface area contributed by atoms with E-state index in [0.29, 0.717) is 5.69 Å². The number of amides is 1. The maximum Gasteiger partial charge on any atom is 0.255 e. The van der Waals surface area contributed by atoms with Crippen molar-refractivity contribution in [1.29, 1.82) is 0 Å². The van der Waals surface area contributed by atoms with Crippen LogP contribution < -0.4 is 5.32 Å². The molecule has 1 amide bonds. The molecule has 0 radical (unpaired) electrons. The van der Waals surface area contributed by atoms with E-state index in [9.17, 15) is 9.18 Å². The Morgan fingerprint density at radius 2 is 2.12 bits per heavy atom. The first-order chi connectivity index (χ1) is 8.15. The smallest absolute Gasteiger partial charge is 0.255 e. The molecule has 0 spiro atoms. The van der Waals surface area contributed by atoms with E-state index < -0.39 is 5.95 Å². The highest BCUT2D eigenvalue weighted by molar-refractivity contribution is 6.04.